The number of nitrogens with one attached hydrogen (secondary N) is 2. The van der Waals surface area contributed by atoms with Crippen LogP contribution in [0.15, 0.2) is 30.6 Å². The molecule has 0 amide bonds. The van der Waals surface area contributed by atoms with Gasteiger partial charge in [0.15, 0.2) is 4.77 Å². The smallest absolute Gasteiger partial charge is 0.178 e. The third kappa shape index (κ3) is 3.22. The molecule has 0 saturated carbocycles. The number of aromatic nitrogens is 4. The van der Waals surface area contributed by atoms with Crippen molar-refractivity contribution in [1.82, 2.24) is 19.5 Å². The van der Waals surface area contributed by atoms with E-state index in [4.69, 9.17) is 35.4 Å². The number of hydrogen-bond donors (Lipinski definition) is 2. The van der Waals surface area contributed by atoms with E-state index in [1.807, 2.05) is 35.9 Å². The Kier molecular flexibility index (Phi) is 4.62. The lowest BCUT2D eigenvalue weighted by atomic mass is 10.0. The predicted molar refractivity (Wildman–Crippen MR) is 96.8 cm³/mol. The summed E-state index contributed by atoms with van der Waals surface area (Å²) in [4.78, 5) is 10.7. The maximum Gasteiger partial charge on any atom is 0.178 e. The van der Waals surface area contributed by atoms with Crippen LogP contribution >= 0.6 is 35.4 Å². The molecule has 3 rings (SSSR count). The second-order valence-electron chi connectivity index (χ2n) is 5.36. The number of aryl methyl sites for hydroxylation is 1. The number of rotatable bonds is 4. The van der Waals surface area contributed by atoms with Gasteiger partial charge in [-0.15, -0.1) is 0 Å². The molecule has 1 unspecified atom stereocenters. The van der Waals surface area contributed by atoms with Crippen molar-refractivity contribution in [2.24, 2.45) is 0 Å². The Labute approximate surface area is 149 Å². The lowest BCUT2D eigenvalue weighted by Crippen LogP contribution is -2.08. The Balaban J connectivity index is 2.03. The second-order valence-corrected chi connectivity index (χ2v) is 6.56. The second kappa shape index (κ2) is 6.51. The van der Waals surface area contributed by atoms with Crippen LogP contribution in [-0.4, -0.2) is 19.5 Å². The topological polar surface area (TPSA) is 49.4 Å². The van der Waals surface area contributed by atoms with Crippen molar-refractivity contribution >= 4 is 35.4 Å². The number of aromatic amines is 2. The summed E-state index contributed by atoms with van der Waals surface area (Å²) < 4.78 is 2.70. The first kappa shape index (κ1) is 16.3. The van der Waals surface area contributed by atoms with Crippen LogP contribution in [0.2, 0.25) is 10.0 Å². The number of benzene rings is 1. The van der Waals surface area contributed by atoms with Crippen LogP contribution in [0.25, 0.3) is 11.4 Å². The van der Waals surface area contributed by atoms with Crippen molar-refractivity contribution in [2.75, 3.05) is 0 Å². The zero-order valence-electron chi connectivity index (χ0n) is 12.7. The highest BCUT2D eigenvalue weighted by atomic mass is 35.5. The van der Waals surface area contributed by atoms with Gasteiger partial charge in [-0.3, -0.25) is 0 Å². The number of hydrogen-bond acceptors (Lipinski definition) is 2. The maximum absolute atomic E-state index is 6.16. The van der Waals surface area contributed by atoms with Gasteiger partial charge >= 0.3 is 0 Å². The molecule has 2 N–H and O–H groups in total. The molecule has 0 radical (unpaired) electrons. The van der Waals surface area contributed by atoms with E-state index in [0.717, 1.165) is 29.2 Å². The molecule has 120 valence electrons. The van der Waals surface area contributed by atoms with Crippen LogP contribution < -0.4 is 0 Å². The van der Waals surface area contributed by atoms with Crippen LogP contribution in [0.3, 0.4) is 0 Å². The van der Waals surface area contributed by atoms with Crippen molar-refractivity contribution < 1.29 is 0 Å². The summed E-state index contributed by atoms with van der Waals surface area (Å²) >= 11 is 17.7. The predicted octanol–water partition coefficient (Wildman–Crippen LogP) is 5.55. The summed E-state index contributed by atoms with van der Waals surface area (Å²) in [6.45, 7) is 4.03. The van der Waals surface area contributed by atoms with E-state index in [1.165, 1.54) is 0 Å². The average Bonchev–Trinajstić information content (AvgIpc) is 3.10. The summed E-state index contributed by atoms with van der Waals surface area (Å²) in [5, 5.41) is 1.10. The summed E-state index contributed by atoms with van der Waals surface area (Å²) in [5.41, 5.74) is 2.90. The third-order valence-corrected chi connectivity index (χ3v) is 4.84. The fourth-order valence-corrected chi connectivity index (χ4v) is 3.24. The molecular formula is C16H16Cl2N4S. The first-order valence-electron chi connectivity index (χ1n) is 7.27. The van der Waals surface area contributed by atoms with E-state index >= 15 is 0 Å². The van der Waals surface area contributed by atoms with Crippen molar-refractivity contribution in [3.63, 3.8) is 0 Å². The maximum atomic E-state index is 6.16. The number of H-pyrrole nitrogens is 2. The normalized spacial score (nSPS) is 12.5. The number of halogens is 2. The van der Waals surface area contributed by atoms with E-state index in [9.17, 15) is 0 Å². The molecule has 4 nitrogen and oxygen atoms in total. The van der Waals surface area contributed by atoms with Gasteiger partial charge in [0.1, 0.15) is 5.82 Å². The first-order valence-corrected chi connectivity index (χ1v) is 8.44. The summed E-state index contributed by atoms with van der Waals surface area (Å²) in [5.74, 6) is 0.864. The Hall–Kier alpha value is -1.56. The summed E-state index contributed by atoms with van der Waals surface area (Å²) in [6.07, 6.45) is 4.68. The minimum atomic E-state index is 0.0892. The molecule has 0 bridgehead atoms. The van der Waals surface area contributed by atoms with Gasteiger partial charge in [-0.05, 0) is 43.3 Å². The highest BCUT2D eigenvalue weighted by Gasteiger charge is 2.16. The zero-order valence-corrected chi connectivity index (χ0v) is 15.1. The van der Waals surface area contributed by atoms with Crippen LogP contribution in [0.5, 0.6) is 0 Å². The van der Waals surface area contributed by atoms with Gasteiger partial charge in [-0.25, -0.2) is 4.98 Å². The van der Waals surface area contributed by atoms with Crippen LogP contribution in [-0.2, 0) is 0 Å². The quantitative estimate of drug-likeness (QED) is 0.594. The lowest BCUT2D eigenvalue weighted by molar-refractivity contribution is 0.560. The molecule has 0 aliphatic carbocycles. The first-order chi connectivity index (χ1) is 11.0. The van der Waals surface area contributed by atoms with Crippen molar-refractivity contribution in [3.8, 4) is 11.4 Å². The molecule has 0 saturated heterocycles. The molecule has 2 aromatic heterocycles. The van der Waals surface area contributed by atoms with Crippen LogP contribution in [0, 0.1) is 11.7 Å². The van der Waals surface area contributed by atoms with Gasteiger partial charge in [-0.1, -0.05) is 36.2 Å². The Morgan fingerprint density at radius 3 is 2.61 bits per heavy atom. The molecular weight excluding hydrogens is 351 g/mol. The molecule has 7 heteroatoms. The van der Waals surface area contributed by atoms with Gasteiger partial charge < -0.3 is 14.5 Å². The molecule has 0 aliphatic heterocycles. The molecule has 0 aliphatic rings. The highest BCUT2D eigenvalue weighted by Crippen LogP contribution is 2.30. The van der Waals surface area contributed by atoms with Crippen molar-refractivity contribution in [1.29, 1.82) is 0 Å². The molecule has 1 atom stereocenters. The van der Waals surface area contributed by atoms with Gasteiger partial charge in [0.05, 0.1) is 33.7 Å². The van der Waals surface area contributed by atoms with Gasteiger partial charge in [0.2, 0.25) is 0 Å². The van der Waals surface area contributed by atoms with E-state index in [0.29, 0.717) is 14.8 Å². The Bertz CT molecular complexity index is 894. The fourth-order valence-electron chi connectivity index (χ4n) is 2.65. The van der Waals surface area contributed by atoms with E-state index in [-0.39, 0.29) is 6.04 Å². The highest BCUT2D eigenvalue weighted by molar-refractivity contribution is 7.71. The lowest BCUT2D eigenvalue weighted by Gasteiger charge is -2.17. The van der Waals surface area contributed by atoms with Gasteiger partial charge in [-0.2, -0.15) is 0 Å². The molecule has 1 aromatic carbocycles. The van der Waals surface area contributed by atoms with Crippen LogP contribution in [0.4, 0.5) is 0 Å². The fraction of sp³-hybridized carbons (Fsp3) is 0.250. The van der Waals surface area contributed by atoms with Gasteiger partial charge in [0.25, 0.3) is 0 Å². The van der Waals surface area contributed by atoms with Crippen molar-refractivity contribution in [2.45, 2.75) is 26.3 Å². The van der Waals surface area contributed by atoms with E-state index in [2.05, 4.69) is 21.9 Å². The largest absolute Gasteiger partial charge is 0.341 e. The third-order valence-electron chi connectivity index (χ3n) is 3.79. The molecule has 3 aromatic rings. The number of imidazole rings is 2. The zero-order chi connectivity index (χ0) is 16.6. The minimum Gasteiger partial charge on any atom is -0.341 e. The Morgan fingerprint density at radius 2 is 2.00 bits per heavy atom. The average molecular weight is 367 g/mol. The van der Waals surface area contributed by atoms with E-state index in [1.54, 1.807) is 6.20 Å². The molecule has 0 spiro atoms. The summed E-state index contributed by atoms with van der Waals surface area (Å²) in [7, 11) is 0. The molecule has 23 heavy (non-hydrogen) atoms. The van der Waals surface area contributed by atoms with E-state index < -0.39 is 0 Å². The minimum absolute atomic E-state index is 0.0892. The Morgan fingerprint density at radius 1 is 1.22 bits per heavy atom. The van der Waals surface area contributed by atoms with Gasteiger partial charge in [0, 0.05) is 6.20 Å². The molecule has 0 fully saturated rings. The number of nitrogens with zero attached hydrogens (tertiary/aromatic N) is 2. The summed E-state index contributed by atoms with van der Waals surface area (Å²) in [6, 6.07) is 5.78. The standard InChI is InChI=1S/C16H16Cl2N4S/c1-3-15(10-4-5-11(17)12(18)6-10)22-8-14(21-16(22)23)13-7-19-9(2)20-13/h4-8,15H,3H2,1-2H3,(H,19,20)(H,21,23). The van der Waals surface area contributed by atoms with Crippen LogP contribution in [0.1, 0.15) is 30.8 Å². The van der Waals surface area contributed by atoms with Crippen molar-refractivity contribution in [3.05, 3.63) is 56.8 Å². The SMILES string of the molecule is CCC(c1ccc(Cl)c(Cl)c1)n1cc(-c2cnc(C)[nH]2)[nH]c1=S. The molecule has 2 heterocycles. The monoisotopic (exact) mass is 366 g/mol.